The summed E-state index contributed by atoms with van der Waals surface area (Å²) in [6.45, 7) is 2.53. The van der Waals surface area contributed by atoms with E-state index in [-0.39, 0.29) is 5.91 Å². The number of rotatable bonds is 8. The molecular weight excluding hydrogens is 468 g/mol. The predicted octanol–water partition coefficient (Wildman–Crippen LogP) is 5.26. The molecule has 0 saturated carbocycles. The Kier molecular flexibility index (Phi) is 7.14. The van der Waals surface area contributed by atoms with Crippen LogP contribution in [0.4, 0.5) is 0 Å². The molecule has 1 N–H and O–H groups in total. The average molecular weight is 493 g/mol. The molecule has 0 aliphatic carbocycles. The molecule has 3 aromatic heterocycles. The molecule has 5 rings (SSSR count). The van der Waals surface area contributed by atoms with Crippen molar-refractivity contribution in [3.8, 4) is 17.1 Å². The van der Waals surface area contributed by atoms with E-state index < -0.39 is 0 Å². The summed E-state index contributed by atoms with van der Waals surface area (Å²) in [5, 5.41) is 12.7. The molecule has 0 aliphatic heterocycles. The molecule has 0 aliphatic rings. The van der Waals surface area contributed by atoms with Crippen LogP contribution in [-0.4, -0.2) is 30.6 Å². The van der Waals surface area contributed by atoms with Crippen LogP contribution >= 0.6 is 11.8 Å². The van der Waals surface area contributed by atoms with Gasteiger partial charge in [-0.3, -0.25) is 19.3 Å². The van der Waals surface area contributed by atoms with E-state index in [0.717, 1.165) is 33.4 Å². The van der Waals surface area contributed by atoms with E-state index in [9.17, 15) is 4.79 Å². The monoisotopic (exact) mass is 492 g/mol. The van der Waals surface area contributed by atoms with Crippen molar-refractivity contribution in [1.29, 1.82) is 0 Å². The molecule has 5 aromatic rings. The highest BCUT2D eigenvalue weighted by molar-refractivity contribution is 7.98. The van der Waals surface area contributed by atoms with Crippen LogP contribution in [0.3, 0.4) is 0 Å². The maximum atomic E-state index is 12.5. The first kappa shape index (κ1) is 23.4. The number of carbonyl (C=O) groups is 1. The number of amides is 1. The summed E-state index contributed by atoms with van der Waals surface area (Å²) >= 11 is 1.60. The van der Waals surface area contributed by atoms with Gasteiger partial charge in [-0.15, -0.1) is 10.2 Å². The lowest BCUT2D eigenvalue weighted by molar-refractivity contribution is 0.0951. The van der Waals surface area contributed by atoms with Crippen LogP contribution in [0.5, 0.6) is 0 Å². The first-order chi connectivity index (χ1) is 17.7. The summed E-state index contributed by atoms with van der Waals surface area (Å²) in [6.07, 6.45) is 6.94. The van der Waals surface area contributed by atoms with Crippen molar-refractivity contribution >= 4 is 17.7 Å². The lowest BCUT2D eigenvalue weighted by Gasteiger charge is -2.11. The van der Waals surface area contributed by atoms with Crippen LogP contribution in [0.2, 0.25) is 0 Å². The van der Waals surface area contributed by atoms with E-state index in [0.29, 0.717) is 17.9 Å². The van der Waals surface area contributed by atoms with Gasteiger partial charge in [-0.2, -0.15) is 0 Å². The molecule has 0 bridgehead atoms. The second-order valence-electron chi connectivity index (χ2n) is 8.24. The van der Waals surface area contributed by atoms with Crippen LogP contribution in [0.15, 0.2) is 103 Å². The number of aromatic nitrogens is 5. The summed E-state index contributed by atoms with van der Waals surface area (Å²) in [7, 11) is 0. The average Bonchev–Trinajstić information content (AvgIpc) is 3.36. The normalized spacial score (nSPS) is 10.8. The second-order valence-corrected chi connectivity index (χ2v) is 9.18. The van der Waals surface area contributed by atoms with Crippen LogP contribution in [-0.2, 0) is 12.3 Å². The van der Waals surface area contributed by atoms with E-state index in [2.05, 4.69) is 61.2 Å². The number of pyridine rings is 2. The molecule has 1 amide bonds. The molecule has 0 fully saturated rings. The minimum absolute atomic E-state index is 0.105. The van der Waals surface area contributed by atoms with Crippen molar-refractivity contribution in [2.24, 2.45) is 0 Å². The van der Waals surface area contributed by atoms with Gasteiger partial charge in [0, 0.05) is 53.9 Å². The highest BCUT2D eigenvalue weighted by atomic mass is 32.2. The summed E-state index contributed by atoms with van der Waals surface area (Å²) in [4.78, 5) is 20.6. The van der Waals surface area contributed by atoms with Gasteiger partial charge in [-0.05, 0) is 66.6 Å². The zero-order chi connectivity index (χ0) is 24.7. The van der Waals surface area contributed by atoms with Gasteiger partial charge in [0.2, 0.25) is 0 Å². The van der Waals surface area contributed by atoms with Gasteiger partial charge in [0.05, 0.1) is 0 Å². The molecular formula is C28H24N6OS. The maximum Gasteiger partial charge on any atom is 0.251 e. The fourth-order valence-electron chi connectivity index (χ4n) is 3.66. The molecule has 0 spiro atoms. The number of hydrogen-bond acceptors (Lipinski definition) is 6. The van der Waals surface area contributed by atoms with E-state index in [1.807, 2.05) is 48.5 Å². The minimum atomic E-state index is -0.105. The Labute approximate surface area is 213 Å². The lowest BCUT2D eigenvalue weighted by Crippen LogP contribution is -2.22. The van der Waals surface area contributed by atoms with Crippen molar-refractivity contribution in [2.45, 2.75) is 24.4 Å². The number of aryl methyl sites for hydroxylation is 1. The lowest BCUT2D eigenvalue weighted by atomic mass is 10.1. The van der Waals surface area contributed by atoms with E-state index in [1.165, 1.54) is 5.56 Å². The van der Waals surface area contributed by atoms with Crippen molar-refractivity contribution in [3.05, 3.63) is 120 Å². The number of thioether (sulfide) groups is 1. The summed E-state index contributed by atoms with van der Waals surface area (Å²) in [5.74, 6) is 1.36. The Morgan fingerprint density at radius 3 is 2.17 bits per heavy atom. The Morgan fingerprint density at radius 2 is 1.47 bits per heavy atom. The molecule has 0 unspecified atom stereocenters. The van der Waals surface area contributed by atoms with Crippen molar-refractivity contribution < 1.29 is 4.79 Å². The van der Waals surface area contributed by atoms with Gasteiger partial charge in [0.1, 0.15) is 0 Å². The summed E-state index contributed by atoms with van der Waals surface area (Å²) in [6, 6.07) is 23.6. The largest absolute Gasteiger partial charge is 0.348 e. The first-order valence-corrected chi connectivity index (χ1v) is 12.5. The van der Waals surface area contributed by atoms with E-state index >= 15 is 0 Å². The Morgan fingerprint density at radius 1 is 0.806 bits per heavy atom. The zero-order valence-electron chi connectivity index (χ0n) is 19.7. The molecule has 8 heteroatoms. The topological polar surface area (TPSA) is 85.6 Å². The van der Waals surface area contributed by atoms with Crippen molar-refractivity contribution in [1.82, 2.24) is 30.0 Å². The zero-order valence-corrected chi connectivity index (χ0v) is 20.5. The smallest absolute Gasteiger partial charge is 0.251 e. The third-order valence-corrected chi connectivity index (χ3v) is 6.65. The molecule has 3 heterocycles. The quantitative estimate of drug-likeness (QED) is 0.298. The predicted molar refractivity (Wildman–Crippen MR) is 141 cm³/mol. The molecule has 2 aromatic carbocycles. The fourth-order valence-corrected chi connectivity index (χ4v) is 4.57. The van der Waals surface area contributed by atoms with E-state index in [1.54, 1.807) is 36.5 Å². The standard InChI is InChI=1S/C28H24N6OS/c1-20-2-8-25(9-3-20)34-26(23-12-16-30-17-13-23)32-33-28(34)36-19-22-4-6-24(7-5-22)27(35)31-18-21-10-14-29-15-11-21/h2-17H,18-19H2,1H3,(H,31,35). The Hall–Kier alpha value is -4.30. The Bertz CT molecular complexity index is 1440. The van der Waals surface area contributed by atoms with Crippen LogP contribution in [0, 0.1) is 6.92 Å². The minimum Gasteiger partial charge on any atom is -0.348 e. The molecule has 0 radical (unpaired) electrons. The molecule has 7 nitrogen and oxygen atoms in total. The van der Waals surface area contributed by atoms with E-state index in [4.69, 9.17) is 0 Å². The fraction of sp³-hybridized carbons (Fsp3) is 0.107. The van der Waals surface area contributed by atoms with Crippen LogP contribution in [0.25, 0.3) is 17.1 Å². The van der Waals surface area contributed by atoms with Crippen LogP contribution in [0.1, 0.15) is 27.0 Å². The molecule has 0 saturated heterocycles. The Balaban J connectivity index is 1.30. The summed E-state index contributed by atoms with van der Waals surface area (Å²) < 4.78 is 2.07. The second kappa shape index (κ2) is 11.0. The van der Waals surface area contributed by atoms with Gasteiger partial charge >= 0.3 is 0 Å². The number of hydrogen-bond donors (Lipinski definition) is 1. The SMILES string of the molecule is Cc1ccc(-n2c(SCc3ccc(C(=O)NCc4ccncc4)cc3)nnc2-c2ccncc2)cc1. The number of benzene rings is 2. The van der Waals surface area contributed by atoms with Gasteiger partial charge in [-0.25, -0.2) is 0 Å². The highest BCUT2D eigenvalue weighted by Gasteiger charge is 2.16. The maximum absolute atomic E-state index is 12.5. The molecule has 36 heavy (non-hydrogen) atoms. The van der Waals surface area contributed by atoms with Crippen molar-refractivity contribution in [2.75, 3.05) is 0 Å². The van der Waals surface area contributed by atoms with Gasteiger partial charge < -0.3 is 5.32 Å². The van der Waals surface area contributed by atoms with Gasteiger partial charge in [0.25, 0.3) is 5.91 Å². The number of carbonyl (C=O) groups excluding carboxylic acids is 1. The van der Waals surface area contributed by atoms with Crippen molar-refractivity contribution in [3.63, 3.8) is 0 Å². The third-order valence-electron chi connectivity index (χ3n) is 5.65. The summed E-state index contributed by atoms with van der Waals surface area (Å²) in [5.41, 5.74) is 5.87. The third kappa shape index (κ3) is 5.50. The van der Waals surface area contributed by atoms with Gasteiger partial charge in [-0.1, -0.05) is 41.6 Å². The molecule has 178 valence electrons. The number of nitrogens with zero attached hydrogens (tertiary/aromatic N) is 5. The first-order valence-electron chi connectivity index (χ1n) is 11.5. The number of nitrogens with one attached hydrogen (secondary N) is 1. The highest BCUT2D eigenvalue weighted by Crippen LogP contribution is 2.29. The molecule has 0 atom stereocenters. The van der Waals surface area contributed by atoms with Gasteiger partial charge in [0.15, 0.2) is 11.0 Å². The van der Waals surface area contributed by atoms with Crippen LogP contribution < -0.4 is 5.32 Å².